The highest BCUT2D eigenvalue weighted by atomic mass is 16.3. The molecule has 1 aromatic heterocycles. The molecule has 13 rings (SSSR count). The molecule has 0 spiro atoms. The first-order valence-corrected chi connectivity index (χ1v) is 22.8. The van der Waals surface area contributed by atoms with Gasteiger partial charge in [-0.05, 0) is 133 Å². The summed E-state index contributed by atoms with van der Waals surface area (Å²) in [6.45, 7) is 0. The van der Waals surface area contributed by atoms with Crippen molar-refractivity contribution in [3.63, 3.8) is 0 Å². The Morgan fingerprint density at radius 2 is 0.616 bits per heavy atom. The van der Waals surface area contributed by atoms with Crippen LogP contribution in [-0.2, 0) is 0 Å². The van der Waals surface area contributed by atoms with Gasteiger partial charge in [0.15, 0.2) is 0 Å². The third-order valence-corrected chi connectivity index (χ3v) is 15.4. The van der Waals surface area contributed by atoms with E-state index < -0.39 is 0 Å². The molecule has 0 saturated carbocycles. The Kier molecular flexibility index (Phi) is 10.1. The average Bonchev–Trinajstić information content (AvgIpc) is 3.74. The molecule has 0 unspecified atom stereocenters. The summed E-state index contributed by atoms with van der Waals surface area (Å²) in [4.78, 5) is 0. The highest BCUT2D eigenvalue weighted by molar-refractivity contribution is 6.77. The van der Waals surface area contributed by atoms with Crippen molar-refractivity contribution >= 4 is 337 Å². The van der Waals surface area contributed by atoms with Crippen LogP contribution >= 0.6 is 0 Å². The summed E-state index contributed by atoms with van der Waals surface area (Å²) in [5, 5.41) is 8.21. The van der Waals surface area contributed by atoms with Crippen LogP contribution in [0.2, 0.25) is 0 Å². The lowest BCUT2D eigenvalue weighted by atomic mass is 9.58. The van der Waals surface area contributed by atoms with Crippen LogP contribution in [0.25, 0.3) is 131 Å². The molecular formula is C54H12B18O. The standard InChI is InChI=1S/C54H12B18O/c55-37-22(29-25-27-33(43(61)39(29)57)49(67)53(71)51(69)35(27)47(65)45(63)31(25)41(37)59)15-8-9-16(17-6-3-7-20-23(17)19-10-13-4-1-2-5-14(13)12-21(19)73-20)18(11-15)24-30-26-28-34(44(62)40(30)58)50(68)54(72)52(70)36(28)48(66)46(64)32(26)42(60)38(24)56/h1-12H. The predicted molar refractivity (Wildman–Crippen MR) is 332 cm³/mol. The van der Waals surface area contributed by atoms with Crippen LogP contribution in [0.1, 0.15) is 0 Å². The Morgan fingerprint density at radius 3 is 1.10 bits per heavy atom. The molecule has 0 aliphatic heterocycles. The van der Waals surface area contributed by atoms with E-state index in [4.69, 9.17) is 146 Å². The summed E-state index contributed by atoms with van der Waals surface area (Å²) >= 11 is 0. The zero-order valence-electron chi connectivity index (χ0n) is 38.7. The smallest absolute Gasteiger partial charge is 0.136 e. The van der Waals surface area contributed by atoms with Gasteiger partial charge in [0.25, 0.3) is 0 Å². The van der Waals surface area contributed by atoms with Gasteiger partial charge in [-0.15, -0.1) is 10.9 Å². The summed E-state index contributed by atoms with van der Waals surface area (Å²) < 4.78 is 6.60. The lowest BCUT2D eigenvalue weighted by molar-refractivity contribution is 0.669. The van der Waals surface area contributed by atoms with E-state index in [2.05, 4.69) is 6.07 Å². The number of hydrogen-bond donors (Lipinski definition) is 0. The van der Waals surface area contributed by atoms with Gasteiger partial charge in [-0.3, -0.25) is 0 Å². The molecule has 0 aliphatic rings. The highest BCUT2D eigenvalue weighted by Crippen LogP contribution is 2.45. The van der Waals surface area contributed by atoms with Crippen molar-refractivity contribution in [2.75, 3.05) is 0 Å². The molecule has 0 aliphatic carbocycles. The third kappa shape index (κ3) is 5.78. The quantitative estimate of drug-likeness (QED) is 0.128. The summed E-state index contributed by atoms with van der Waals surface area (Å²) in [6, 6.07) is 23.7. The number of hydrogen-bond acceptors (Lipinski definition) is 1. The van der Waals surface area contributed by atoms with Crippen molar-refractivity contribution in [2.24, 2.45) is 0 Å². The largest absolute Gasteiger partial charge is 0.456 e. The van der Waals surface area contributed by atoms with Crippen LogP contribution < -0.4 is 98.3 Å². The zero-order chi connectivity index (χ0) is 51.4. The summed E-state index contributed by atoms with van der Waals surface area (Å²) in [5.41, 5.74) is 6.19. The van der Waals surface area contributed by atoms with Crippen LogP contribution in [0.5, 0.6) is 0 Å². The van der Waals surface area contributed by atoms with Crippen LogP contribution in [0.4, 0.5) is 0 Å². The normalized spacial score (nSPS) is 12.3. The minimum Gasteiger partial charge on any atom is -0.456 e. The Labute approximate surface area is 444 Å². The average molecular weight is 871 g/mol. The molecule has 0 saturated heterocycles. The van der Waals surface area contributed by atoms with E-state index in [1.807, 2.05) is 66.7 Å². The summed E-state index contributed by atoms with van der Waals surface area (Å²) in [5.74, 6) is 0. The molecule has 19 heteroatoms. The first kappa shape index (κ1) is 46.7. The third-order valence-electron chi connectivity index (χ3n) is 15.4. The van der Waals surface area contributed by atoms with E-state index in [-0.39, 0.29) is 98.3 Å². The number of rotatable bonds is 3. The minimum atomic E-state index is 0.0577. The van der Waals surface area contributed by atoms with Crippen molar-refractivity contribution < 1.29 is 4.42 Å². The van der Waals surface area contributed by atoms with Crippen molar-refractivity contribution in [3.05, 3.63) is 72.8 Å². The second kappa shape index (κ2) is 15.7. The monoisotopic (exact) mass is 874 g/mol. The van der Waals surface area contributed by atoms with Crippen molar-refractivity contribution in [1.29, 1.82) is 0 Å². The molecule has 0 atom stereocenters. The lowest BCUT2D eigenvalue weighted by Gasteiger charge is -2.31. The molecule has 12 aromatic carbocycles. The fourth-order valence-corrected chi connectivity index (χ4v) is 11.9. The number of benzene rings is 12. The number of furan rings is 1. The van der Waals surface area contributed by atoms with E-state index in [1.54, 1.807) is 0 Å². The SMILES string of the molecule is [B]c1c([B])c2c([B])c([B])c3c([B])c([B])c(-c4ccc(-c5cccc6oc7cc8ccccc8cc7c56)c(-c5c([B])c([B])c6c([B])c([B])c7c([B])c([B])c([B])c8c([B])c([B])c5c6c78)c4)c4c([B])c([B])c(c1[B])c2c34. The Balaban J connectivity index is 1.25. The fraction of sp³-hybridized carbons (Fsp3) is 0. The Bertz CT molecular complexity index is 4720. The molecular weight excluding hydrogens is 859 g/mol. The summed E-state index contributed by atoms with van der Waals surface area (Å²) in [6.07, 6.45) is 0. The van der Waals surface area contributed by atoms with Gasteiger partial charge in [-0.2, -0.15) is 0 Å². The molecule has 0 fully saturated rings. The minimum absolute atomic E-state index is 0.0577. The van der Waals surface area contributed by atoms with Gasteiger partial charge < -0.3 is 4.42 Å². The van der Waals surface area contributed by atoms with Gasteiger partial charge in [0, 0.05) is 10.8 Å². The summed E-state index contributed by atoms with van der Waals surface area (Å²) in [7, 11) is 125. The maximum atomic E-state index is 7.40. The molecule has 1 heterocycles. The maximum Gasteiger partial charge on any atom is 0.136 e. The molecule has 0 bridgehead atoms. The van der Waals surface area contributed by atoms with Crippen LogP contribution in [0.15, 0.2) is 77.2 Å². The van der Waals surface area contributed by atoms with E-state index in [9.17, 15) is 0 Å². The second-order valence-electron chi connectivity index (χ2n) is 18.9. The van der Waals surface area contributed by atoms with Crippen LogP contribution in [0, 0.1) is 0 Å². The van der Waals surface area contributed by atoms with Gasteiger partial charge in [0.05, 0.1) is 0 Å². The molecule has 1 nitrogen and oxygen atoms in total. The molecule has 288 valence electrons. The Hall–Kier alpha value is -6.05. The van der Waals surface area contributed by atoms with Crippen LogP contribution in [0.3, 0.4) is 0 Å². The van der Waals surface area contributed by atoms with Crippen molar-refractivity contribution in [3.8, 4) is 33.4 Å². The van der Waals surface area contributed by atoms with Gasteiger partial charge >= 0.3 is 0 Å². The van der Waals surface area contributed by atoms with Gasteiger partial charge in [-0.1, -0.05) is 136 Å². The first-order valence-electron chi connectivity index (χ1n) is 22.8. The molecule has 36 radical (unpaired) electrons. The molecule has 73 heavy (non-hydrogen) atoms. The highest BCUT2D eigenvalue weighted by Gasteiger charge is 2.29. The fourth-order valence-electron chi connectivity index (χ4n) is 11.9. The van der Waals surface area contributed by atoms with E-state index in [1.165, 1.54) is 0 Å². The lowest BCUT2D eigenvalue weighted by Crippen LogP contribution is -2.48. The van der Waals surface area contributed by atoms with Crippen molar-refractivity contribution in [2.45, 2.75) is 0 Å². The van der Waals surface area contributed by atoms with E-state index >= 15 is 0 Å². The van der Waals surface area contributed by atoms with Gasteiger partial charge in [0.2, 0.25) is 0 Å². The second-order valence-corrected chi connectivity index (χ2v) is 18.9. The first-order chi connectivity index (χ1) is 34.8. The predicted octanol–water partition coefficient (Wildman–Crippen LogP) is -6.18. The van der Waals surface area contributed by atoms with Crippen molar-refractivity contribution in [1.82, 2.24) is 0 Å². The maximum absolute atomic E-state index is 7.40. The Morgan fingerprint density at radius 1 is 0.233 bits per heavy atom. The molecule has 0 N–H and O–H groups in total. The van der Waals surface area contributed by atoms with Gasteiger partial charge in [-0.25, -0.2) is 0 Å². The molecule has 13 aromatic rings. The zero-order valence-corrected chi connectivity index (χ0v) is 38.7. The number of fused-ring (bicyclic) bond motifs is 4. The van der Waals surface area contributed by atoms with Crippen LogP contribution in [-0.4, -0.2) is 141 Å². The van der Waals surface area contributed by atoms with Gasteiger partial charge in [0.1, 0.15) is 152 Å². The topological polar surface area (TPSA) is 13.1 Å². The molecule has 0 amide bonds. The van der Waals surface area contributed by atoms with E-state index in [0.29, 0.717) is 104 Å². The van der Waals surface area contributed by atoms with E-state index in [0.717, 1.165) is 27.1 Å².